The van der Waals surface area contributed by atoms with E-state index in [9.17, 15) is 0 Å². The van der Waals surface area contributed by atoms with E-state index in [4.69, 9.17) is 21.1 Å². The van der Waals surface area contributed by atoms with Crippen LogP contribution in [0.15, 0.2) is 72.8 Å². The highest BCUT2D eigenvalue weighted by Gasteiger charge is 2.40. The van der Waals surface area contributed by atoms with Gasteiger partial charge < -0.3 is 14.9 Å². The summed E-state index contributed by atoms with van der Waals surface area (Å²) in [6.45, 7) is 2.09. The first-order valence-electron chi connectivity index (χ1n) is 9.56. The van der Waals surface area contributed by atoms with Gasteiger partial charge in [-0.2, -0.15) is 5.01 Å². The molecular weight excluding hydrogens is 384 g/mol. The Bertz CT molecular complexity index is 1090. The van der Waals surface area contributed by atoms with E-state index in [0.717, 1.165) is 33.9 Å². The first kappa shape index (κ1) is 18.1. The molecule has 0 amide bonds. The Balaban J connectivity index is 1.59. The smallest absolute Gasteiger partial charge is 0.196 e. The number of rotatable bonds is 3. The molecule has 2 aliphatic heterocycles. The summed E-state index contributed by atoms with van der Waals surface area (Å²) >= 11 is 6.30. The van der Waals surface area contributed by atoms with Crippen molar-refractivity contribution in [3.8, 4) is 11.5 Å². The molecular formula is C24H21ClN2O2. The minimum Gasteiger partial charge on any atom is -0.497 e. The van der Waals surface area contributed by atoms with E-state index < -0.39 is 0 Å². The largest absolute Gasteiger partial charge is 0.497 e. The van der Waals surface area contributed by atoms with Crippen molar-refractivity contribution >= 4 is 17.3 Å². The average molecular weight is 405 g/mol. The Morgan fingerprint density at radius 2 is 1.86 bits per heavy atom. The molecule has 2 heterocycles. The number of hydrazine groups is 1. The van der Waals surface area contributed by atoms with Gasteiger partial charge in [-0.1, -0.05) is 53.6 Å². The second kappa shape index (κ2) is 7.14. The molecule has 0 aromatic heterocycles. The third-order valence-corrected chi connectivity index (χ3v) is 5.63. The molecule has 146 valence electrons. The monoisotopic (exact) mass is 404 g/mol. The van der Waals surface area contributed by atoms with Gasteiger partial charge in [0, 0.05) is 16.1 Å². The molecule has 5 rings (SSSR count). The fraction of sp³-hybridized carbons (Fsp3) is 0.167. The predicted molar refractivity (Wildman–Crippen MR) is 115 cm³/mol. The van der Waals surface area contributed by atoms with Crippen molar-refractivity contribution in [2.45, 2.75) is 19.2 Å². The molecule has 0 spiro atoms. The summed E-state index contributed by atoms with van der Waals surface area (Å²) in [6.07, 6.45) is 1.93. The topological polar surface area (TPSA) is 33.7 Å². The van der Waals surface area contributed by atoms with Crippen LogP contribution in [-0.2, 0) is 0 Å². The van der Waals surface area contributed by atoms with Crippen molar-refractivity contribution in [3.05, 3.63) is 100 Å². The van der Waals surface area contributed by atoms with Crippen molar-refractivity contribution in [1.29, 1.82) is 0 Å². The average Bonchev–Trinajstić information content (AvgIpc) is 3.19. The van der Waals surface area contributed by atoms with Crippen LogP contribution in [0.25, 0.3) is 5.70 Å². The lowest BCUT2D eigenvalue weighted by Crippen LogP contribution is -2.43. The number of nitrogens with one attached hydrogen (secondary N) is 1. The van der Waals surface area contributed by atoms with Crippen LogP contribution in [0.2, 0.25) is 5.02 Å². The summed E-state index contributed by atoms with van der Waals surface area (Å²) < 4.78 is 11.8. The second-order valence-corrected chi connectivity index (χ2v) is 7.78. The van der Waals surface area contributed by atoms with E-state index in [-0.39, 0.29) is 12.3 Å². The van der Waals surface area contributed by atoms with E-state index in [1.165, 1.54) is 5.56 Å². The van der Waals surface area contributed by atoms with Crippen LogP contribution in [0.4, 0.5) is 0 Å². The van der Waals surface area contributed by atoms with Gasteiger partial charge in [0.25, 0.3) is 0 Å². The molecule has 0 bridgehead atoms. The molecule has 0 radical (unpaired) electrons. The maximum atomic E-state index is 6.41. The van der Waals surface area contributed by atoms with Crippen LogP contribution in [0, 0.1) is 6.92 Å². The highest BCUT2D eigenvalue weighted by Crippen LogP contribution is 2.46. The van der Waals surface area contributed by atoms with Gasteiger partial charge in [-0.15, -0.1) is 0 Å². The number of benzene rings is 3. The van der Waals surface area contributed by atoms with Crippen molar-refractivity contribution in [2.75, 3.05) is 7.11 Å². The third-order valence-electron chi connectivity index (χ3n) is 5.40. The first-order chi connectivity index (χ1) is 14.1. The quantitative estimate of drug-likeness (QED) is 0.611. The number of methoxy groups -OCH3 is 1. The van der Waals surface area contributed by atoms with Gasteiger partial charge in [0.15, 0.2) is 6.23 Å². The van der Waals surface area contributed by atoms with Crippen LogP contribution in [-0.4, -0.2) is 12.1 Å². The van der Waals surface area contributed by atoms with Gasteiger partial charge in [-0.25, -0.2) is 0 Å². The number of nitrogens with zero attached hydrogens (tertiary/aromatic N) is 1. The van der Waals surface area contributed by atoms with Crippen LogP contribution >= 0.6 is 11.6 Å². The number of aryl methyl sites for hydroxylation is 1. The maximum absolute atomic E-state index is 6.41. The SMILES string of the molecule is COc1cccc([C@@H]2Oc3ccc(Cl)cc3[C@H]3C=C(c4ccc(C)cc4)NN32)c1. The first-order valence-corrected chi connectivity index (χ1v) is 9.94. The maximum Gasteiger partial charge on any atom is 0.196 e. The fourth-order valence-electron chi connectivity index (χ4n) is 3.88. The minimum atomic E-state index is -0.303. The number of ether oxygens (including phenoxy) is 2. The second-order valence-electron chi connectivity index (χ2n) is 7.34. The number of hydrogen-bond donors (Lipinski definition) is 1. The number of fused-ring (bicyclic) bond motifs is 3. The van der Waals surface area contributed by atoms with Crippen LogP contribution in [0.5, 0.6) is 11.5 Å². The highest BCUT2D eigenvalue weighted by molar-refractivity contribution is 6.30. The Kier molecular flexibility index (Phi) is 4.46. The molecule has 0 saturated heterocycles. The lowest BCUT2D eigenvalue weighted by Gasteiger charge is -2.39. The fourth-order valence-corrected chi connectivity index (χ4v) is 4.06. The van der Waals surface area contributed by atoms with E-state index >= 15 is 0 Å². The van der Waals surface area contributed by atoms with Crippen molar-refractivity contribution in [2.24, 2.45) is 0 Å². The van der Waals surface area contributed by atoms with Crippen LogP contribution in [0.3, 0.4) is 0 Å². The highest BCUT2D eigenvalue weighted by atomic mass is 35.5. The lowest BCUT2D eigenvalue weighted by molar-refractivity contribution is -0.0327. The minimum absolute atomic E-state index is 0.00459. The Morgan fingerprint density at radius 1 is 1.03 bits per heavy atom. The molecule has 29 heavy (non-hydrogen) atoms. The molecule has 0 fully saturated rings. The Morgan fingerprint density at radius 3 is 2.66 bits per heavy atom. The summed E-state index contributed by atoms with van der Waals surface area (Å²) in [5.74, 6) is 1.64. The zero-order valence-corrected chi connectivity index (χ0v) is 17.0. The van der Waals surface area contributed by atoms with E-state index in [0.29, 0.717) is 5.02 Å². The summed E-state index contributed by atoms with van der Waals surface area (Å²) in [6, 6.07) is 22.3. The van der Waals surface area contributed by atoms with Gasteiger partial charge in [0.2, 0.25) is 0 Å². The molecule has 2 aliphatic rings. The molecule has 3 aromatic rings. The predicted octanol–water partition coefficient (Wildman–Crippen LogP) is 5.65. The molecule has 4 nitrogen and oxygen atoms in total. The zero-order valence-electron chi connectivity index (χ0n) is 16.2. The van der Waals surface area contributed by atoms with Crippen molar-refractivity contribution in [1.82, 2.24) is 10.4 Å². The van der Waals surface area contributed by atoms with Crippen molar-refractivity contribution < 1.29 is 9.47 Å². The van der Waals surface area contributed by atoms with Crippen LogP contribution < -0.4 is 14.9 Å². The zero-order chi connectivity index (χ0) is 20.0. The van der Waals surface area contributed by atoms with Gasteiger partial charge in [-0.05, 0) is 48.9 Å². The van der Waals surface area contributed by atoms with E-state index in [1.807, 2.05) is 36.4 Å². The molecule has 2 atom stereocenters. The lowest BCUT2D eigenvalue weighted by atomic mass is 10.0. The summed E-state index contributed by atoms with van der Waals surface area (Å²) in [7, 11) is 1.67. The molecule has 1 N–H and O–H groups in total. The van der Waals surface area contributed by atoms with Gasteiger partial charge in [0.05, 0.1) is 18.8 Å². The number of halogens is 1. The third kappa shape index (κ3) is 3.24. The van der Waals surface area contributed by atoms with Crippen molar-refractivity contribution in [3.63, 3.8) is 0 Å². The van der Waals surface area contributed by atoms with E-state index in [1.54, 1.807) is 7.11 Å². The van der Waals surface area contributed by atoms with Crippen LogP contribution in [0.1, 0.15) is 34.5 Å². The van der Waals surface area contributed by atoms with Gasteiger partial charge >= 0.3 is 0 Å². The summed E-state index contributed by atoms with van der Waals surface area (Å²) in [5.41, 5.74) is 9.05. The molecule has 0 saturated carbocycles. The summed E-state index contributed by atoms with van der Waals surface area (Å²) in [5, 5.41) is 2.83. The summed E-state index contributed by atoms with van der Waals surface area (Å²) in [4.78, 5) is 0. The molecule has 0 unspecified atom stereocenters. The normalized spacial score (nSPS) is 20.2. The van der Waals surface area contributed by atoms with E-state index in [2.05, 4.69) is 53.8 Å². The Hall–Kier alpha value is -2.95. The van der Waals surface area contributed by atoms with Gasteiger partial charge in [0.1, 0.15) is 11.5 Å². The van der Waals surface area contributed by atoms with Gasteiger partial charge in [-0.3, -0.25) is 0 Å². The Labute approximate surface area is 175 Å². The molecule has 5 heteroatoms. The number of hydrogen-bond acceptors (Lipinski definition) is 4. The standard InChI is InChI=1S/C24H21ClN2O2/c1-15-6-8-16(9-7-15)21-14-22-20-13-18(25)10-11-23(20)29-24(27(22)26-21)17-4-3-5-19(12-17)28-2/h3-14,22,24,26H,1-2H3/t22-,24+/m1/s1. The molecule has 0 aliphatic carbocycles. The molecule has 3 aromatic carbocycles.